The van der Waals surface area contributed by atoms with E-state index in [2.05, 4.69) is 29.9 Å². The molecule has 2 rings (SSSR count). The van der Waals surface area contributed by atoms with Crippen molar-refractivity contribution in [3.63, 3.8) is 0 Å². The normalized spacial score (nSPS) is 20.5. The van der Waals surface area contributed by atoms with E-state index in [1.165, 1.54) is 0 Å². The van der Waals surface area contributed by atoms with Gasteiger partial charge in [-0.1, -0.05) is 12.1 Å². The van der Waals surface area contributed by atoms with Crippen molar-refractivity contribution in [3.8, 4) is 0 Å². The molecule has 17 heavy (non-hydrogen) atoms. The van der Waals surface area contributed by atoms with Gasteiger partial charge in [0, 0.05) is 17.5 Å². The lowest BCUT2D eigenvalue weighted by atomic mass is 10.1. The predicted octanol–water partition coefficient (Wildman–Crippen LogP) is 1.34. The Morgan fingerprint density at radius 2 is 2.18 bits per heavy atom. The zero-order valence-corrected chi connectivity index (χ0v) is 10.9. The summed E-state index contributed by atoms with van der Waals surface area (Å²) >= 11 is 4.22. The van der Waals surface area contributed by atoms with Gasteiger partial charge in [-0.25, -0.2) is 0 Å². The summed E-state index contributed by atoms with van der Waals surface area (Å²) in [6.07, 6.45) is 1.51. The number of benzene rings is 1. The maximum Gasteiger partial charge on any atom is 0.224 e. The van der Waals surface area contributed by atoms with Crippen LogP contribution in [0, 0.1) is 0 Å². The first-order chi connectivity index (χ1) is 8.13. The van der Waals surface area contributed by atoms with Crippen molar-refractivity contribution in [2.24, 2.45) is 0 Å². The van der Waals surface area contributed by atoms with Gasteiger partial charge in [-0.15, -0.1) is 12.6 Å². The molecule has 3 nitrogen and oxygen atoms in total. The molecule has 0 aromatic heterocycles. The Kier molecular flexibility index (Phi) is 4.07. The third-order valence-corrected chi connectivity index (χ3v) is 3.36. The maximum absolute atomic E-state index is 11.8. The third kappa shape index (κ3) is 3.75. The number of thiol groups is 1. The van der Waals surface area contributed by atoms with Gasteiger partial charge in [-0.2, -0.15) is 0 Å². The average Bonchev–Trinajstić information content (AvgIpc) is 2.67. The maximum atomic E-state index is 11.8. The minimum atomic E-state index is 0.109. The molecule has 0 radical (unpaired) electrons. The van der Waals surface area contributed by atoms with Crippen LogP contribution in [0.15, 0.2) is 29.2 Å². The van der Waals surface area contributed by atoms with Gasteiger partial charge >= 0.3 is 0 Å². The van der Waals surface area contributed by atoms with E-state index in [9.17, 15) is 4.79 Å². The molecule has 0 aliphatic carbocycles. The monoisotopic (exact) mass is 250 g/mol. The largest absolute Gasteiger partial charge is 0.352 e. The molecular weight excluding hydrogens is 232 g/mol. The number of nitrogens with one attached hydrogen (secondary N) is 1. The fourth-order valence-electron chi connectivity index (χ4n) is 2.13. The van der Waals surface area contributed by atoms with Crippen LogP contribution in [-0.2, 0) is 11.2 Å². The lowest BCUT2D eigenvalue weighted by molar-refractivity contribution is -0.121. The molecule has 1 heterocycles. The van der Waals surface area contributed by atoms with Crippen LogP contribution in [0.3, 0.4) is 0 Å². The highest BCUT2D eigenvalue weighted by Gasteiger charge is 2.20. The van der Waals surface area contributed by atoms with Gasteiger partial charge in [0.25, 0.3) is 0 Å². The number of hydrogen-bond donors (Lipinski definition) is 2. The first-order valence-corrected chi connectivity index (χ1v) is 6.34. The van der Waals surface area contributed by atoms with E-state index >= 15 is 0 Å². The zero-order chi connectivity index (χ0) is 12.3. The Labute approximate surface area is 108 Å². The van der Waals surface area contributed by atoms with E-state index in [1.807, 2.05) is 24.3 Å². The summed E-state index contributed by atoms with van der Waals surface area (Å²) in [4.78, 5) is 15.0. The Hall–Kier alpha value is -1.00. The molecule has 1 amide bonds. The van der Waals surface area contributed by atoms with E-state index < -0.39 is 0 Å². The summed E-state index contributed by atoms with van der Waals surface area (Å²) in [7, 11) is 2.08. The number of carbonyl (C=O) groups is 1. The molecule has 1 aromatic rings. The number of carbonyl (C=O) groups excluding carboxylic acids is 1. The molecule has 0 bridgehead atoms. The number of hydrogen-bond acceptors (Lipinski definition) is 3. The van der Waals surface area contributed by atoms with Gasteiger partial charge in [0.05, 0.1) is 6.42 Å². The Morgan fingerprint density at radius 3 is 2.76 bits per heavy atom. The first-order valence-electron chi connectivity index (χ1n) is 5.89. The first kappa shape index (κ1) is 12.5. The highest BCUT2D eigenvalue weighted by Crippen LogP contribution is 2.09. The van der Waals surface area contributed by atoms with Crippen molar-refractivity contribution < 1.29 is 4.79 Å². The molecule has 1 atom stereocenters. The fourth-order valence-corrected chi connectivity index (χ4v) is 2.28. The van der Waals surface area contributed by atoms with Gasteiger partial charge in [-0.3, -0.25) is 4.79 Å². The van der Waals surface area contributed by atoms with Crippen molar-refractivity contribution in [1.29, 1.82) is 0 Å². The second kappa shape index (κ2) is 5.56. The summed E-state index contributed by atoms with van der Waals surface area (Å²) in [5, 5.41) is 3.07. The number of rotatable bonds is 3. The molecule has 0 spiro atoms. The minimum absolute atomic E-state index is 0.109. The summed E-state index contributed by atoms with van der Waals surface area (Å²) in [6, 6.07) is 8.03. The highest BCUT2D eigenvalue weighted by molar-refractivity contribution is 7.80. The average molecular weight is 250 g/mol. The molecule has 0 saturated carbocycles. The summed E-state index contributed by atoms with van der Waals surface area (Å²) in [6.45, 7) is 2.03. The van der Waals surface area contributed by atoms with Gasteiger partial charge in [0.15, 0.2) is 0 Å². The second-order valence-corrected chi connectivity index (χ2v) is 5.17. The molecule has 1 unspecified atom stereocenters. The lowest BCUT2D eigenvalue weighted by Gasteiger charge is -2.12. The number of amides is 1. The standard InChI is InChI=1S/C13H18N2OS/c1-15-7-6-11(9-15)14-13(16)8-10-2-4-12(17)5-3-10/h2-5,11,17H,6-9H2,1H3,(H,14,16). The second-order valence-electron chi connectivity index (χ2n) is 4.66. The molecule has 1 aromatic carbocycles. The molecular formula is C13H18N2OS. The Balaban J connectivity index is 1.83. The summed E-state index contributed by atoms with van der Waals surface area (Å²) < 4.78 is 0. The Bertz CT molecular complexity index is 391. The summed E-state index contributed by atoms with van der Waals surface area (Å²) in [5.41, 5.74) is 1.03. The minimum Gasteiger partial charge on any atom is -0.352 e. The van der Waals surface area contributed by atoms with Crippen LogP contribution in [0.2, 0.25) is 0 Å². The molecule has 1 aliphatic rings. The Morgan fingerprint density at radius 1 is 1.47 bits per heavy atom. The fraction of sp³-hybridized carbons (Fsp3) is 0.462. The van der Waals surface area contributed by atoms with Gasteiger partial charge < -0.3 is 10.2 Å². The van der Waals surface area contributed by atoms with Crippen molar-refractivity contribution in [3.05, 3.63) is 29.8 Å². The van der Waals surface area contributed by atoms with Crippen LogP contribution in [0.25, 0.3) is 0 Å². The van der Waals surface area contributed by atoms with Crippen LogP contribution in [0.4, 0.5) is 0 Å². The molecule has 4 heteroatoms. The van der Waals surface area contributed by atoms with E-state index in [0.717, 1.165) is 30.0 Å². The van der Waals surface area contributed by atoms with Crippen molar-refractivity contribution in [2.45, 2.75) is 23.8 Å². The van der Waals surface area contributed by atoms with Crippen molar-refractivity contribution in [1.82, 2.24) is 10.2 Å². The molecule has 92 valence electrons. The van der Waals surface area contributed by atoms with Crippen LogP contribution >= 0.6 is 12.6 Å². The van der Waals surface area contributed by atoms with Crippen LogP contribution in [0.5, 0.6) is 0 Å². The van der Waals surface area contributed by atoms with Crippen molar-refractivity contribution in [2.75, 3.05) is 20.1 Å². The zero-order valence-electron chi connectivity index (χ0n) is 10.0. The van der Waals surface area contributed by atoms with Crippen LogP contribution < -0.4 is 5.32 Å². The predicted molar refractivity (Wildman–Crippen MR) is 71.4 cm³/mol. The number of likely N-dealkylation sites (tertiary alicyclic amines) is 1. The van der Waals surface area contributed by atoms with E-state index in [1.54, 1.807) is 0 Å². The molecule has 1 aliphatic heterocycles. The topological polar surface area (TPSA) is 32.3 Å². The summed E-state index contributed by atoms with van der Waals surface area (Å²) in [5.74, 6) is 0.109. The van der Waals surface area contributed by atoms with E-state index in [-0.39, 0.29) is 5.91 Å². The van der Waals surface area contributed by atoms with Gasteiger partial charge in [0.1, 0.15) is 0 Å². The lowest BCUT2D eigenvalue weighted by Crippen LogP contribution is -2.37. The SMILES string of the molecule is CN1CCC(NC(=O)Cc2ccc(S)cc2)C1. The highest BCUT2D eigenvalue weighted by atomic mass is 32.1. The third-order valence-electron chi connectivity index (χ3n) is 3.06. The molecule has 1 N–H and O–H groups in total. The molecule has 1 fully saturated rings. The van der Waals surface area contributed by atoms with Gasteiger partial charge in [-0.05, 0) is 37.7 Å². The van der Waals surface area contributed by atoms with E-state index in [0.29, 0.717) is 12.5 Å². The smallest absolute Gasteiger partial charge is 0.224 e. The van der Waals surface area contributed by atoms with Crippen LogP contribution in [0.1, 0.15) is 12.0 Å². The number of likely N-dealkylation sites (N-methyl/N-ethyl adjacent to an activating group) is 1. The van der Waals surface area contributed by atoms with E-state index in [4.69, 9.17) is 0 Å². The number of nitrogens with zero attached hydrogens (tertiary/aromatic N) is 1. The van der Waals surface area contributed by atoms with Crippen molar-refractivity contribution >= 4 is 18.5 Å². The quantitative estimate of drug-likeness (QED) is 0.794. The molecule has 1 saturated heterocycles. The van der Waals surface area contributed by atoms with Gasteiger partial charge in [0.2, 0.25) is 5.91 Å². The van der Waals surface area contributed by atoms with Crippen LogP contribution in [-0.4, -0.2) is 37.0 Å².